The average molecular weight is 464 g/mol. The Morgan fingerprint density at radius 3 is 2.33 bits per heavy atom. The molecule has 0 aliphatic carbocycles. The van der Waals surface area contributed by atoms with Gasteiger partial charge in [0.25, 0.3) is 17.3 Å². The van der Waals surface area contributed by atoms with Gasteiger partial charge in [-0.2, -0.15) is 13.2 Å². The SMILES string of the molecule is O=C(c1cc([N+](=O)[O-])cc([N+](=O)[O-])c1)N1CCCC(c2nnc3ccc(C(F)(F)F)cn23)C1. The van der Waals surface area contributed by atoms with E-state index in [1.54, 1.807) is 0 Å². The summed E-state index contributed by atoms with van der Waals surface area (Å²) in [6.07, 6.45) is -2.65. The Hall–Kier alpha value is -4.10. The van der Waals surface area contributed by atoms with E-state index in [4.69, 9.17) is 0 Å². The van der Waals surface area contributed by atoms with E-state index in [0.717, 1.165) is 30.5 Å². The monoisotopic (exact) mass is 464 g/mol. The van der Waals surface area contributed by atoms with Gasteiger partial charge in [-0.1, -0.05) is 0 Å². The number of nitrogens with zero attached hydrogens (tertiary/aromatic N) is 6. The first kappa shape index (κ1) is 22.1. The molecule has 1 fully saturated rings. The summed E-state index contributed by atoms with van der Waals surface area (Å²) in [6, 6.07) is 4.78. The molecular formula is C19H15F3N6O5. The van der Waals surface area contributed by atoms with Crippen molar-refractivity contribution < 1.29 is 27.8 Å². The fraction of sp³-hybridized carbons (Fsp3) is 0.316. The highest BCUT2D eigenvalue weighted by atomic mass is 19.4. The van der Waals surface area contributed by atoms with Gasteiger partial charge in [-0.05, 0) is 25.0 Å². The summed E-state index contributed by atoms with van der Waals surface area (Å²) in [5, 5.41) is 30.1. The van der Waals surface area contributed by atoms with Crippen LogP contribution in [0.3, 0.4) is 0 Å². The molecule has 3 heterocycles. The van der Waals surface area contributed by atoms with Gasteiger partial charge in [-0.25, -0.2) is 0 Å². The summed E-state index contributed by atoms with van der Waals surface area (Å²) in [7, 11) is 0. The third-order valence-corrected chi connectivity index (χ3v) is 5.40. The lowest BCUT2D eigenvalue weighted by atomic mass is 9.96. The number of carbonyl (C=O) groups excluding carboxylic acids is 1. The summed E-state index contributed by atoms with van der Waals surface area (Å²) in [5.74, 6) is -0.857. The molecule has 1 amide bonds. The Bertz CT molecular complexity index is 1240. The fourth-order valence-corrected chi connectivity index (χ4v) is 3.84. The standard InChI is InChI=1S/C19H15F3N6O5/c20-19(21,22)13-3-4-16-23-24-17(26(16)10-13)11-2-1-5-25(9-11)18(29)12-6-14(27(30)31)8-15(7-12)28(32)33/h3-4,6-8,10-11H,1-2,5,9H2. The van der Waals surface area contributed by atoms with Crippen LogP contribution in [0.2, 0.25) is 0 Å². The van der Waals surface area contributed by atoms with Gasteiger partial charge in [0.1, 0.15) is 5.82 Å². The Labute approximate surface area is 182 Å². The van der Waals surface area contributed by atoms with Gasteiger partial charge in [0.05, 0.1) is 27.0 Å². The number of nitro benzene ring substituents is 2. The number of pyridine rings is 1. The van der Waals surface area contributed by atoms with E-state index >= 15 is 0 Å². The number of aromatic nitrogens is 3. The molecule has 14 heteroatoms. The molecular weight excluding hydrogens is 449 g/mol. The number of alkyl halides is 3. The van der Waals surface area contributed by atoms with E-state index in [1.165, 1.54) is 15.4 Å². The first-order chi connectivity index (χ1) is 15.5. The molecule has 33 heavy (non-hydrogen) atoms. The lowest BCUT2D eigenvalue weighted by Crippen LogP contribution is -2.39. The lowest BCUT2D eigenvalue weighted by Gasteiger charge is -2.32. The highest BCUT2D eigenvalue weighted by Crippen LogP contribution is 2.32. The molecule has 11 nitrogen and oxygen atoms in total. The number of benzene rings is 1. The topological polar surface area (TPSA) is 137 Å². The molecule has 0 bridgehead atoms. The summed E-state index contributed by atoms with van der Waals surface area (Å²) in [6.45, 7) is 0.336. The van der Waals surface area contributed by atoms with Crippen molar-refractivity contribution in [3.05, 3.63) is 73.7 Å². The van der Waals surface area contributed by atoms with Crippen molar-refractivity contribution in [1.82, 2.24) is 19.5 Å². The van der Waals surface area contributed by atoms with Crippen LogP contribution in [0.4, 0.5) is 24.5 Å². The van der Waals surface area contributed by atoms with E-state index < -0.39 is 44.8 Å². The van der Waals surface area contributed by atoms with Crippen LogP contribution in [-0.4, -0.2) is 48.3 Å². The van der Waals surface area contributed by atoms with Gasteiger partial charge >= 0.3 is 6.18 Å². The first-order valence-electron chi connectivity index (χ1n) is 9.69. The summed E-state index contributed by atoms with van der Waals surface area (Å²) in [4.78, 5) is 34.9. The maximum Gasteiger partial charge on any atom is 0.417 e. The van der Waals surface area contributed by atoms with E-state index in [2.05, 4.69) is 10.2 Å². The predicted octanol–water partition coefficient (Wildman–Crippen LogP) is 3.58. The molecule has 2 aromatic heterocycles. The normalized spacial score (nSPS) is 16.7. The maximum absolute atomic E-state index is 13.1. The second-order valence-electron chi connectivity index (χ2n) is 7.54. The first-order valence-corrected chi connectivity index (χ1v) is 9.69. The van der Waals surface area contributed by atoms with Crippen LogP contribution in [0.15, 0.2) is 36.5 Å². The predicted molar refractivity (Wildman–Crippen MR) is 106 cm³/mol. The largest absolute Gasteiger partial charge is 0.417 e. The summed E-state index contributed by atoms with van der Waals surface area (Å²) >= 11 is 0. The maximum atomic E-state index is 13.1. The Morgan fingerprint density at radius 1 is 1.06 bits per heavy atom. The summed E-state index contributed by atoms with van der Waals surface area (Å²) in [5.41, 5.74) is -2.06. The zero-order valence-electron chi connectivity index (χ0n) is 16.7. The number of hydrogen-bond donors (Lipinski definition) is 0. The van der Waals surface area contributed by atoms with Crippen molar-refractivity contribution in [2.45, 2.75) is 24.9 Å². The number of halogens is 3. The van der Waals surface area contributed by atoms with Gasteiger partial charge in [-0.3, -0.25) is 29.4 Å². The minimum absolute atomic E-state index is 0.0619. The number of hydrogen-bond acceptors (Lipinski definition) is 7. The second-order valence-corrected chi connectivity index (χ2v) is 7.54. The molecule has 3 aromatic rings. The minimum Gasteiger partial charge on any atom is -0.338 e. The third-order valence-electron chi connectivity index (χ3n) is 5.40. The smallest absolute Gasteiger partial charge is 0.338 e. The molecule has 1 saturated heterocycles. The van der Waals surface area contributed by atoms with Gasteiger partial charge in [0, 0.05) is 37.3 Å². The van der Waals surface area contributed by atoms with Crippen LogP contribution in [0.25, 0.3) is 5.65 Å². The van der Waals surface area contributed by atoms with Crippen molar-refractivity contribution in [2.75, 3.05) is 13.1 Å². The number of piperidine rings is 1. The molecule has 1 aromatic carbocycles. The van der Waals surface area contributed by atoms with E-state index in [0.29, 0.717) is 12.8 Å². The number of amides is 1. The fourth-order valence-electron chi connectivity index (χ4n) is 3.84. The quantitative estimate of drug-likeness (QED) is 0.425. The minimum atomic E-state index is -4.55. The van der Waals surface area contributed by atoms with E-state index in [-0.39, 0.29) is 30.1 Å². The number of nitro groups is 2. The molecule has 0 N–H and O–H groups in total. The highest BCUT2D eigenvalue weighted by molar-refractivity contribution is 5.95. The lowest BCUT2D eigenvalue weighted by molar-refractivity contribution is -0.394. The Balaban J connectivity index is 1.64. The Morgan fingerprint density at radius 2 is 1.73 bits per heavy atom. The van der Waals surface area contributed by atoms with Crippen molar-refractivity contribution >= 4 is 22.9 Å². The zero-order chi connectivity index (χ0) is 23.9. The number of likely N-dealkylation sites (tertiary alicyclic amines) is 1. The molecule has 1 unspecified atom stereocenters. The number of carbonyl (C=O) groups is 1. The molecule has 0 saturated carbocycles. The van der Waals surface area contributed by atoms with Crippen LogP contribution < -0.4 is 0 Å². The van der Waals surface area contributed by atoms with Crippen LogP contribution >= 0.6 is 0 Å². The van der Waals surface area contributed by atoms with Crippen LogP contribution in [-0.2, 0) is 6.18 Å². The van der Waals surface area contributed by atoms with Crippen LogP contribution in [0.1, 0.15) is 40.5 Å². The van der Waals surface area contributed by atoms with Crippen LogP contribution in [0, 0.1) is 20.2 Å². The number of non-ortho nitro benzene ring substituents is 2. The van der Waals surface area contributed by atoms with Crippen molar-refractivity contribution in [1.29, 1.82) is 0 Å². The number of rotatable bonds is 4. The molecule has 1 aliphatic rings. The van der Waals surface area contributed by atoms with E-state index in [9.17, 15) is 38.2 Å². The average Bonchev–Trinajstić information content (AvgIpc) is 3.21. The molecule has 4 rings (SSSR count). The Kier molecular flexibility index (Phi) is 5.43. The molecule has 172 valence electrons. The van der Waals surface area contributed by atoms with Crippen molar-refractivity contribution in [3.63, 3.8) is 0 Å². The zero-order valence-corrected chi connectivity index (χ0v) is 16.7. The summed E-state index contributed by atoms with van der Waals surface area (Å²) < 4.78 is 40.6. The highest BCUT2D eigenvalue weighted by Gasteiger charge is 2.33. The van der Waals surface area contributed by atoms with E-state index in [1.807, 2.05) is 0 Å². The van der Waals surface area contributed by atoms with Gasteiger partial charge in [-0.15, -0.1) is 10.2 Å². The second kappa shape index (κ2) is 8.11. The van der Waals surface area contributed by atoms with Crippen LogP contribution in [0.5, 0.6) is 0 Å². The van der Waals surface area contributed by atoms with Crippen molar-refractivity contribution in [3.8, 4) is 0 Å². The van der Waals surface area contributed by atoms with Gasteiger partial charge in [0.2, 0.25) is 0 Å². The molecule has 0 radical (unpaired) electrons. The van der Waals surface area contributed by atoms with Gasteiger partial charge in [0.15, 0.2) is 5.65 Å². The third kappa shape index (κ3) is 4.31. The van der Waals surface area contributed by atoms with Gasteiger partial charge < -0.3 is 4.90 Å². The molecule has 1 aliphatic heterocycles. The molecule has 1 atom stereocenters. The molecule has 0 spiro atoms. The van der Waals surface area contributed by atoms with Crippen molar-refractivity contribution in [2.24, 2.45) is 0 Å². The number of fused-ring (bicyclic) bond motifs is 1.